The molecule has 1 saturated heterocycles. The summed E-state index contributed by atoms with van der Waals surface area (Å²) < 4.78 is 16.3. The SMILES string of the molecule is COc1ccc(C(=O)Nc2cc3c(N4C[C@@H](C)O[C@@H](C)C4)ncnc3[nH]c2=O)cc1OC. The average molecular weight is 439 g/mol. The topological polar surface area (TPSA) is 119 Å². The lowest BCUT2D eigenvalue weighted by Crippen LogP contribution is -2.46. The van der Waals surface area contributed by atoms with Gasteiger partial charge in [0.2, 0.25) is 0 Å². The first kappa shape index (κ1) is 21.6. The molecule has 1 aromatic carbocycles. The number of hydrogen-bond donors (Lipinski definition) is 2. The van der Waals surface area contributed by atoms with Crippen molar-refractivity contribution in [3.05, 3.63) is 46.5 Å². The minimum atomic E-state index is -0.459. The van der Waals surface area contributed by atoms with E-state index in [0.29, 0.717) is 47.0 Å². The van der Waals surface area contributed by atoms with Gasteiger partial charge in [0, 0.05) is 18.7 Å². The van der Waals surface area contributed by atoms with Gasteiger partial charge in [0.15, 0.2) is 11.5 Å². The van der Waals surface area contributed by atoms with Crippen LogP contribution >= 0.6 is 0 Å². The number of anilines is 2. The van der Waals surface area contributed by atoms with E-state index in [0.717, 1.165) is 0 Å². The Balaban J connectivity index is 1.68. The summed E-state index contributed by atoms with van der Waals surface area (Å²) in [5.41, 5.74) is 0.362. The largest absolute Gasteiger partial charge is 0.493 e. The van der Waals surface area contributed by atoms with Gasteiger partial charge in [-0.15, -0.1) is 0 Å². The van der Waals surface area contributed by atoms with Gasteiger partial charge in [-0.2, -0.15) is 0 Å². The minimum absolute atomic E-state index is 0.0377. The van der Waals surface area contributed by atoms with E-state index in [1.807, 2.05) is 13.8 Å². The Kier molecular flexibility index (Phi) is 5.95. The number of methoxy groups -OCH3 is 2. The molecule has 2 N–H and O–H groups in total. The number of aromatic nitrogens is 3. The van der Waals surface area contributed by atoms with Gasteiger partial charge in [0.1, 0.15) is 23.5 Å². The van der Waals surface area contributed by atoms with Crippen LogP contribution < -0.4 is 25.2 Å². The third-order valence-electron chi connectivity index (χ3n) is 5.24. The van der Waals surface area contributed by atoms with Gasteiger partial charge in [-0.25, -0.2) is 9.97 Å². The second-order valence-electron chi connectivity index (χ2n) is 7.66. The fourth-order valence-corrected chi connectivity index (χ4v) is 3.87. The molecule has 32 heavy (non-hydrogen) atoms. The van der Waals surface area contributed by atoms with Crippen molar-refractivity contribution in [3.8, 4) is 11.5 Å². The second kappa shape index (κ2) is 8.83. The highest BCUT2D eigenvalue weighted by atomic mass is 16.5. The first-order chi connectivity index (χ1) is 15.4. The highest BCUT2D eigenvalue weighted by molar-refractivity contribution is 6.05. The zero-order valence-electron chi connectivity index (χ0n) is 18.3. The zero-order chi connectivity index (χ0) is 22.8. The van der Waals surface area contributed by atoms with E-state index in [1.54, 1.807) is 24.3 Å². The maximum atomic E-state index is 12.8. The van der Waals surface area contributed by atoms with Crippen molar-refractivity contribution in [1.29, 1.82) is 0 Å². The van der Waals surface area contributed by atoms with Gasteiger partial charge in [0.05, 0.1) is 31.8 Å². The molecule has 10 nitrogen and oxygen atoms in total. The lowest BCUT2D eigenvalue weighted by molar-refractivity contribution is -0.00537. The van der Waals surface area contributed by atoms with E-state index in [4.69, 9.17) is 14.2 Å². The van der Waals surface area contributed by atoms with E-state index in [1.165, 1.54) is 20.5 Å². The molecule has 3 aromatic rings. The van der Waals surface area contributed by atoms with E-state index in [9.17, 15) is 9.59 Å². The predicted octanol–water partition coefficient (Wildman–Crippen LogP) is 2.20. The summed E-state index contributed by atoms with van der Waals surface area (Å²) in [6.07, 6.45) is 1.49. The minimum Gasteiger partial charge on any atom is -0.493 e. The van der Waals surface area contributed by atoms with Crippen LogP contribution in [0, 0.1) is 0 Å². The fourth-order valence-electron chi connectivity index (χ4n) is 3.87. The van der Waals surface area contributed by atoms with Gasteiger partial charge in [-0.3, -0.25) is 9.59 Å². The normalized spacial score (nSPS) is 18.4. The Labute approximate surface area is 184 Å². The third-order valence-corrected chi connectivity index (χ3v) is 5.24. The molecule has 3 heterocycles. The zero-order valence-corrected chi connectivity index (χ0v) is 18.3. The summed E-state index contributed by atoms with van der Waals surface area (Å²) in [4.78, 5) is 38.9. The van der Waals surface area contributed by atoms with Crippen LogP contribution in [0.25, 0.3) is 11.0 Å². The van der Waals surface area contributed by atoms with Gasteiger partial charge < -0.3 is 29.4 Å². The number of rotatable bonds is 5. The summed E-state index contributed by atoms with van der Waals surface area (Å²) in [5, 5.41) is 3.31. The van der Waals surface area contributed by atoms with Crippen molar-refractivity contribution in [2.24, 2.45) is 0 Å². The Morgan fingerprint density at radius 2 is 1.84 bits per heavy atom. The quantitative estimate of drug-likeness (QED) is 0.621. The Morgan fingerprint density at radius 3 is 2.53 bits per heavy atom. The van der Waals surface area contributed by atoms with Gasteiger partial charge in [-0.05, 0) is 38.1 Å². The number of hydrogen-bond acceptors (Lipinski definition) is 8. The molecular weight excluding hydrogens is 414 g/mol. The van der Waals surface area contributed by atoms with E-state index >= 15 is 0 Å². The van der Waals surface area contributed by atoms with Crippen molar-refractivity contribution in [2.75, 3.05) is 37.5 Å². The monoisotopic (exact) mass is 439 g/mol. The Morgan fingerprint density at radius 1 is 1.12 bits per heavy atom. The number of amides is 1. The number of carbonyl (C=O) groups excluding carboxylic acids is 1. The molecule has 10 heteroatoms. The van der Waals surface area contributed by atoms with Crippen LogP contribution in [0.15, 0.2) is 35.4 Å². The molecule has 168 valence electrons. The number of nitrogens with one attached hydrogen (secondary N) is 2. The van der Waals surface area contributed by atoms with Crippen LogP contribution in [0.4, 0.5) is 11.5 Å². The number of pyridine rings is 1. The van der Waals surface area contributed by atoms with Crippen LogP contribution in [0.1, 0.15) is 24.2 Å². The number of fused-ring (bicyclic) bond motifs is 1. The molecule has 0 saturated carbocycles. The molecular formula is C22H25N5O5. The highest BCUT2D eigenvalue weighted by Crippen LogP contribution is 2.29. The number of benzene rings is 1. The Bertz CT molecular complexity index is 1200. The number of nitrogens with zero attached hydrogens (tertiary/aromatic N) is 3. The Hall–Kier alpha value is -3.66. The fraction of sp³-hybridized carbons (Fsp3) is 0.364. The summed E-state index contributed by atoms with van der Waals surface area (Å²) in [6, 6.07) is 6.38. The van der Waals surface area contributed by atoms with Crippen molar-refractivity contribution in [2.45, 2.75) is 26.1 Å². The first-order valence-electron chi connectivity index (χ1n) is 10.2. The maximum Gasteiger partial charge on any atom is 0.273 e. The smallest absolute Gasteiger partial charge is 0.273 e. The summed E-state index contributed by atoms with van der Waals surface area (Å²) >= 11 is 0. The molecule has 1 amide bonds. The molecule has 0 spiro atoms. The molecule has 0 aliphatic carbocycles. The number of ether oxygens (including phenoxy) is 3. The highest BCUT2D eigenvalue weighted by Gasteiger charge is 2.25. The molecule has 4 rings (SSSR count). The van der Waals surface area contributed by atoms with Crippen molar-refractivity contribution in [1.82, 2.24) is 15.0 Å². The molecule has 2 aromatic heterocycles. The molecule has 1 aliphatic heterocycles. The summed E-state index contributed by atoms with van der Waals surface area (Å²) in [7, 11) is 3.00. The molecule has 0 radical (unpaired) electrons. The predicted molar refractivity (Wildman–Crippen MR) is 120 cm³/mol. The molecule has 1 fully saturated rings. The van der Waals surface area contributed by atoms with Crippen LogP contribution in [-0.2, 0) is 4.74 Å². The maximum absolute atomic E-state index is 12.8. The number of carbonyl (C=O) groups is 1. The van der Waals surface area contributed by atoms with Gasteiger partial charge in [-0.1, -0.05) is 0 Å². The van der Waals surface area contributed by atoms with Gasteiger partial charge >= 0.3 is 0 Å². The van der Waals surface area contributed by atoms with Gasteiger partial charge in [0.25, 0.3) is 11.5 Å². The van der Waals surface area contributed by atoms with Crippen molar-refractivity contribution < 1.29 is 19.0 Å². The number of morpholine rings is 1. The third kappa shape index (κ3) is 4.22. The van der Waals surface area contributed by atoms with E-state index < -0.39 is 11.5 Å². The summed E-state index contributed by atoms with van der Waals surface area (Å²) in [6.45, 7) is 5.32. The number of H-pyrrole nitrogens is 1. The van der Waals surface area contributed by atoms with E-state index in [2.05, 4.69) is 25.2 Å². The van der Waals surface area contributed by atoms with Crippen LogP contribution in [0.3, 0.4) is 0 Å². The number of aromatic amines is 1. The molecule has 0 bridgehead atoms. The average Bonchev–Trinajstić information content (AvgIpc) is 2.78. The van der Waals surface area contributed by atoms with Crippen LogP contribution in [0.2, 0.25) is 0 Å². The van der Waals surface area contributed by atoms with Crippen molar-refractivity contribution in [3.63, 3.8) is 0 Å². The molecule has 1 aliphatic rings. The summed E-state index contributed by atoms with van der Waals surface area (Å²) in [5.74, 6) is 1.14. The second-order valence-corrected chi connectivity index (χ2v) is 7.66. The molecule has 0 unspecified atom stereocenters. The lowest BCUT2D eigenvalue weighted by atomic mass is 10.1. The standard InChI is InChI=1S/C22H25N5O5/c1-12-9-27(10-13(2)32-12)20-15-8-16(22(29)26-19(15)23-11-24-20)25-21(28)14-5-6-17(30-3)18(7-14)31-4/h5-8,11-13H,9-10H2,1-4H3,(H,25,28)(H,23,24,26,29)/t12-,13+. The lowest BCUT2D eigenvalue weighted by Gasteiger charge is -2.36. The van der Waals surface area contributed by atoms with Crippen LogP contribution in [-0.4, -0.2) is 60.4 Å². The van der Waals surface area contributed by atoms with E-state index in [-0.39, 0.29) is 17.9 Å². The van der Waals surface area contributed by atoms with Crippen LogP contribution in [0.5, 0.6) is 11.5 Å². The molecule has 2 atom stereocenters. The van der Waals surface area contributed by atoms with Crippen molar-refractivity contribution >= 4 is 28.4 Å². The first-order valence-corrected chi connectivity index (χ1v) is 10.2.